The first-order valence-corrected chi connectivity index (χ1v) is 8.53. The summed E-state index contributed by atoms with van der Waals surface area (Å²) in [5.74, 6) is 1.29. The minimum atomic E-state index is 0.175. The number of carbonyl (C=O) groups excluding carboxylic acids is 1. The number of morpholine rings is 1. The Hall–Kier alpha value is -1.75. The summed E-state index contributed by atoms with van der Waals surface area (Å²) in [6.45, 7) is 4.40. The molecule has 0 unspecified atom stereocenters. The quantitative estimate of drug-likeness (QED) is 0.842. The molecule has 2 aliphatic rings. The molecular formula is C18H26N2O3. The van der Waals surface area contributed by atoms with Gasteiger partial charge < -0.3 is 19.3 Å². The number of amides is 2. The zero-order valence-electron chi connectivity index (χ0n) is 13.9. The average Bonchev–Trinajstić information content (AvgIpc) is 2.88. The molecule has 1 atom stereocenters. The SMILES string of the molecule is COc1ccc([C@@H]2CCCCN(C(=O)N3CCOCC3)C2)cc1. The molecule has 2 amide bonds. The molecule has 23 heavy (non-hydrogen) atoms. The maximum atomic E-state index is 12.8. The zero-order valence-corrected chi connectivity index (χ0v) is 13.9. The number of ether oxygens (including phenoxy) is 2. The Morgan fingerprint density at radius 2 is 1.83 bits per heavy atom. The van der Waals surface area contributed by atoms with Gasteiger partial charge in [-0.3, -0.25) is 0 Å². The van der Waals surface area contributed by atoms with Crippen molar-refractivity contribution in [3.63, 3.8) is 0 Å². The molecule has 2 aliphatic heterocycles. The predicted molar refractivity (Wildman–Crippen MR) is 88.9 cm³/mol. The third kappa shape index (κ3) is 3.96. The van der Waals surface area contributed by atoms with Gasteiger partial charge in [-0.2, -0.15) is 0 Å². The third-order valence-corrected chi connectivity index (χ3v) is 4.81. The van der Waals surface area contributed by atoms with Gasteiger partial charge in [-0.25, -0.2) is 4.79 Å². The fourth-order valence-electron chi connectivity index (χ4n) is 3.42. The van der Waals surface area contributed by atoms with Crippen molar-refractivity contribution in [1.29, 1.82) is 0 Å². The number of urea groups is 1. The van der Waals surface area contributed by atoms with E-state index in [4.69, 9.17) is 9.47 Å². The summed E-state index contributed by atoms with van der Waals surface area (Å²) < 4.78 is 10.6. The van der Waals surface area contributed by atoms with Crippen LogP contribution in [0.15, 0.2) is 24.3 Å². The first kappa shape index (κ1) is 16.1. The maximum Gasteiger partial charge on any atom is 0.320 e. The van der Waals surface area contributed by atoms with Crippen LogP contribution in [-0.4, -0.2) is 62.3 Å². The summed E-state index contributed by atoms with van der Waals surface area (Å²) in [5.41, 5.74) is 1.30. The van der Waals surface area contributed by atoms with E-state index in [1.54, 1.807) is 7.11 Å². The molecule has 2 fully saturated rings. The normalized spacial score (nSPS) is 22.6. The Labute approximate surface area is 138 Å². The molecule has 5 nitrogen and oxygen atoms in total. The molecule has 0 aromatic heterocycles. The molecule has 5 heteroatoms. The largest absolute Gasteiger partial charge is 0.497 e. The maximum absolute atomic E-state index is 12.8. The van der Waals surface area contributed by atoms with E-state index in [1.165, 1.54) is 12.0 Å². The predicted octanol–water partition coefficient (Wildman–Crippen LogP) is 2.72. The lowest BCUT2D eigenvalue weighted by Gasteiger charge is -2.33. The van der Waals surface area contributed by atoms with E-state index in [2.05, 4.69) is 12.1 Å². The van der Waals surface area contributed by atoms with Gasteiger partial charge in [0, 0.05) is 32.1 Å². The minimum absolute atomic E-state index is 0.175. The van der Waals surface area contributed by atoms with Crippen molar-refractivity contribution >= 4 is 6.03 Å². The summed E-state index contributed by atoms with van der Waals surface area (Å²) >= 11 is 0. The van der Waals surface area contributed by atoms with Crippen molar-refractivity contribution in [2.75, 3.05) is 46.5 Å². The van der Waals surface area contributed by atoms with Crippen molar-refractivity contribution in [2.45, 2.75) is 25.2 Å². The van der Waals surface area contributed by atoms with Crippen LogP contribution < -0.4 is 4.74 Å². The molecule has 1 aromatic carbocycles. The number of carbonyl (C=O) groups is 1. The van der Waals surface area contributed by atoms with Gasteiger partial charge in [-0.05, 0) is 30.5 Å². The van der Waals surface area contributed by atoms with Gasteiger partial charge in [0.15, 0.2) is 0 Å². The molecule has 3 rings (SSSR count). The molecule has 0 saturated carbocycles. The molecular weight excluding hydrogens is 292 g/mol. The van der Waals surface area contributed by atoms with Crippen molar-refractivity contribution in [1.82, 2.24) is 9.80 Å². The van der Waals surface area contributed by atoms with Gasteiger partial charge in [0.25, 0.3) is 0 Å². The van der Waals surface area contributed by atoms with Gasteiger partial charge in [0.2, 0.25) is 0 Å². The monoisotopic (exact) mass is 318 g/mol. The van der Waals surface area contributed by atoms with E-state index in [1.807, 2.05) is 21.9 Å². The summed E-state index contributed by atoms with van der Waals surface area (Å²) in [5, 5.41) is 0. The first-order valence-electron chi connectivity index (χ1n) is 8.53. The Morgan fingerprint density at radius 3 is 2.52 bits per heavy atom. The van der Waals surface area contributed by atoms with Gasteiger partial charge >= 0.3 is 6.03 Å². The van der Waals surface area contributed by atoms with Crippen LogP contribution in [0.3, 0.4) is 0 Å². The topological polar surface area (TPSA) is 42.0 Å². The van der Waals surface area contributed by atoms with Crippen LogP contribution in [0.5, 0.6) is 5.75 Å². The summed E-state index contributed by atoms with van der Waals surface area (Å²) in [7, 11) is 1.68. The van der Waals surface area contributed by atoms with Gasteiger partial charge in [-0.1, -0.05) is 18.6 Å². The zero-order chi connectivity index (χ0) is 16.1. The van der Waals surface area contributed by atoms with E-state index in [0.29, 0.717) is 32.2 Å². The van der Waals surface area contributed by atoms with E-state index < -0.39 is 0 Å². The molecule has 2 heterocycles. The number of hydrogen-bond donors (Lipinski definition) is 0. The number of likely N-dealkylation sites (tertiary alicyclic amines) is 1. The highest BCUT2D eigenvalue weighted by atomic mass is 16.5. The van der Waals surface area contributed by atoms with Gasteiger partial charge in [0.05, 0.1) is 20.3 Å². The molecule has 0 spiro atoms. The smallest absolute Gasteiger partial charge is 0.320 e. The van der Waals surface area contributed by atoms with E-state index in [-0.39, 0.29) is 6.03 Å². The second kappa shape index (κ2) is 7.68. The van der Waals surface area contributed by atoms with Crippen LogP contribution in [0.2, 0.25) is 0 Å². The van der Waals surface area contributed by atoms with Crippen molar-refractivity contribution in [3.8, 4) is 5.75 Å². The summed E-state index contributed by atoms with van der Waals surface area (Å²) in [6, 6.07) is 8.45. The number of hydrogen-bond acceptors (Lipinski definition) is 3. The lowest BCUT2D eigenvalue weighted by atomic mass is 9.94. The Morgan fingerprint density at radius 1 is 1.09 bits per heavy atom. The summed E-state index contributed by atoms with van der Waals surface area (Å²) in [4.78, 5) is 16.7. The van der Waals surface area contributed by atoms with E-state index >= 15 is 0 Å². The van der Waals surface area contributed by atoms with Crippen LogP contribution in [0.25, 0.3) is 0 Å². The second-order valence-electron chi connectivity index (χ2n) is 6.29. The Balaban J connectivity index is 1.68. The highest BCUT2D eigenvalue weighted by Crippen LogP contribution is 2.28. The lowest BCUT2D eigenvalue weighted by Crippen LogP contribution is -2.49. The average molecular weight is 318 g/mol. The van der Waals surface area contributed by atoms with Crippen molar-refractivity contribution in [2.24, 2.45) is 0 Å². The molecule has 1 aromatic rings. The molecule has 0 N–H and O–H groups in total. The highest BCUT2D eigenvalue weighted by Gasteiger charge is 2.27. The number of methoxy groups -OCH3 is 1. The second-order valence-corrected chi connectivity index (χ2v) is 6.29. The van der Waals surface area contributed by atoms with Gasteiger partial charge in [-0.15, -0.1) is 0 Å². The Kier molecular flexibility index (Phi) is 5.39. The molecule has 126 valence electrons. The van der Waals surface area contributed by atoms with Crippen molar-refractivity contribution < 1.29 is 14.3 Å². The number of nitrogens with zero attached hydrogens (tertiary/aromatic N) is 2. The van der Waals surface area contributed by atoms with Gasteiger partial charge in [0.1, 0.15) is 5.75 Å². The van der Waals surface area contributed by atoms with Crippen molar-refractivity contribution in [3.05, 3.63) is 29.8 Å². The standard InChI is InChI=1S/C18H26N2O3/c1-22-17-7-5-15(6-8-17)16-4-2-3-9-20(14-16)18(21)19-10-12-23-13-11-19/h5-8,16H,2-4,9-14H2,1H3/t16-/m1/s1. The molecule has 2 saturated heterocycles. The molecule has 0 bridgehead atoms. The van der Waals surface area contributed by atoms with Crippen LogP contribution in [0.4, 0.5) is 4.79 Å². The fourth-order valence-corrected chi connectivity index (χ4v) is 3.42. The minimum Gasteiger partial charge on any atom is -0.497 e. The summed E-state index contributed by atoms with van der Waals surface area (Å²) in [6.07, 6.45) is 3.39. The lowest BCUT2D eigenvalue weighted by molar-refractivity contribution is 0.0432. The van der Waals surface area contributed by atoms with Crippen LogP contribution >= 0.6 is 0 Å². The number of rotatable bonds is 2. The van der Waals surface area contributed by atoms with Crippen LogP contribution in [0, 0.1) is 0 Å². The van der Waals surface area contributed by atoms with Crippen LogP contribution in [0.1, 0.15) is 30.7 Å². The highest BCUT2D eigenvalue weighted by molar-refractivity contribution is 5.74. The Bertz CT molecular complexity index is 512. The van der Waals surface area contributed by atoms with E-state index in [9.17, 15) is 4.79 Å². The van der Waals surface area contributed by atoms with Crippen LogP contribution in [-0.2, 0) is 4.74 Å². The third-order valence-electron chi connectivity index (χ3n) is 4.81. The number of benzene rings is 1. The molecule has 0 aliphatic carbocycles. The fraction of sp³-hybridized carbons (Fsp3) is 0.611. The van der Waals surface area contributed by atoms with E-state index in [0.717, 1.165) is 31.7 Å². The molecule has 0 radical (unpaired) electrons. The first-order chi connectivity index (χ1) is 11.3.